The van der Waals surface area contributed by atoms with Gasteiger partial charge in [-0.3, -0.25) is 0 Å². The Kier molecular flexibility index (Phi) is 11.3. The molecule has 2 aromatic carbocycles. The van der Waals surface area contributed by atoms with Gasteiger partial charge in [-0.2, -0.15) is 4.39 Å². The van der Waals surface area contributed by atoms with Crippen LogP contribution in [0.25, 0.3) is 0 Å². The van der Waals surface area contributed by atoms with Gasteiger partial charge < -0.3 is 4.74 Å². The van der Waals surface area contributed by atoms with Gasteiger partial charge in [0.2, 0.25) is 5.82 Å². The number of unbranched alkanes of at least 4 members (excludes halogenated alkanes) is 1. The lowest BCUT2D eigenvalue weighted by Crippen LogP contribution is -2.15. The summed E-state index contributed by atoms with van der Waals surface area (Å²) in [5.74, 6) is 1.36. The van der Waals surface area contributed by atoms with Gasteiger partial charge in [-0.05, 0) is 137 Å². The fraction of sp³-hybridized carbons (Fsp3) is 0.600. The minimum atomic E-state index is -0.830. The molecule has 4 rings (SSSR count). The van der Waals surface area contributed by atoms with Crippen LogP contribution in [-0.2, 0) is 6.42 Å². The number of rotatable bonds is 12. The van der Waals surface area contributed by atoms with Crippen LogP contribution < -0.4 is 4.74 Å². The van der Waals surface area contributed by atoms with Crippen molar-refractivity contribution < 1.29 is 13.5 Å². The third-order valence-corrected chi connectivity index (χ3v) is 9.25. The Balaban J connectivity index is 1.20. The highest BCUT2D eigenvalue weighted by Crippen LogP contribution is 2.40. The summed E-state index contributed by atoms with van der Waals surface area (Å²) in [5, 5.41) is 0. The molecule has 2 saturated carbocycles. The van der Waals surface area contributed by atoms with Gasteiger partial charge in [0.1, 0.15) is 0 Å². The second kappa shape index (κ2) is 14.8. The van der Waals surface area contributed by atoms with Crippen molar-refractivity contribution in [1.82, 2.24) is 0 Å². The zero-order valence-electron chi connectivity index (χ0n) is 23.7. The van der Waals surface area contributed by atoms with Crippen LogP contribution in [0.5, 0.6) is 5.75 Å². The lowest BCUT2D eigenvalue weighted by atomic mass is 9.75. The maximum absolute atomic E-state index is 14.6. The minimum Gasteiger partial charge on any atom is -0.490 e. The van der Waals surface area contributed by atoms with Crippen LogP contribution in [0, 0.1) is 23.5 Å². The van der Waals surface area contributed by atoms with Crippen molar-refractivity contribution in [2.24, 2.45) is 11.8 Å². The molecule has 0 spiro atoms. The number of halogens is 2. The molecule has 0 saturated heterocycles. The topological polar surface area (TPSA) is 9.23 Å². The van der Waals surface area contributed by atoms with Crippen molar-refractivity contribution in [3.8, 4) is 5.75 Å². The van der Waals surface area contributed by atoms with Crippen LogP contribution in [0.15, 0.2) is 48.6 Å². The molecule has 0 N–H and O–H groups in total. The van der Waals surface area contributed by atoms with E-state index in [1.165, 1.54) is 75.3 Å². The molecule has 0 amide bonds. The quantitative estimate of drug-likeness (QED) is 0.199. The van der Waals surface area contributed by atoms with E-state index >= 15 is 0 Å². The fourth-order valence-corrected chi connectivity index (χ4v) is 6.67. The van der Waals surface area contributed by atoms with E-state index < -0.39 is 11.6 Å². The monoisotopic (exact) mass is 522 g/mol. The predicted molar refractivity (Wildman–Crippen MR) is 155 cm³/mol. The molecule has 1 nitrogen and oxygen atoms in total. The van der Waals surface area contributed by atoms with E-state index in [4.69, 9.17) is 4.74 Å². The van der Waals surface area contributed by atoms with Gasteiger partial charge in [0.05, 0.1) is 6.61 Å². The van der Waals surface area contributed by atoms with Gasteiger partial charge >= 0.3 is 0 Å². The first-order valence-electron chi connectivity index (χ1n) is 15.4. The molecule has 0 heterocycles. The average Bonchev–Trinajstić information content (AvgIpc) is 2.96. The Labute approximate surface area is 230 Å². The lowest BCUT2D eigenvalue weighted by Gasteiger charge is -2.30. The summed E-state index contributed by atoms with van der Waals surface area (Å²) in [6, 6.07) is 12.9. The Hall–Kier alpha value is -2.16. The Bertz CT molecular complexity index is 995. The average molecular weight is 523 g/mol. The summed E-state index contributed by atoms with van der Waals surface area (Å²) in [7, 11) is 0. The van der Waals surface area contributed by atoms with E-state index in [9.17, 15) is 8.78 Å². The molecule has 2 aliphatic carbocycles. The van der Waals surface area contributed by atoms with Crippen LogP contribution in [0.1, 0.15) is 126 Å². The first-order chi connectivity index (χ1) is 18.6. The Morgan fingerprint density at radius 2 is 1.34 bits per heavy atom. The Morgan fingerprint density at radius 3 is 1.89 bits per heavy atom. The summed E-state index contributed by atoms with van der Waals surface area (Å²) in [5.41, 5.74) is 3.50. The molecule has 0 unspecified atom stereocenters. The minimum absolute atomic E-state index is 0.0407. The third-order valence-electron chi connectivity index (χ3n) is 9.25. The summed E-state index contributed by atoms with van der Waals surface area (Å²) in [6.45, 7) is 4.59. The Morgan fingerprint density at radius 1 is 0.763 bits per heavy atom. The number of benzene rings is 2. The predicted octanol–water partition coefficient (Wildman–Crippen LogP) is 10.7. The summed E-state index contributed by atoms with van der Waals surface area (Å²) >= 11 is 0. The SMILES string of the molecule is C/C=C/CCC1CCC(c2ccc(C3CCC(CCc4ccc(OCCCC)c(F)c4F)CC3)cc2)CC1. The highest BCUT2D eigenvalue weighted by molar-refractivity contribution is 5.31. The first-order valence-corrected chi connectivity index (χ1v) is 15.4. The third kappa shape index (κ3) is 7.93. The van der Waals surface area contributed by atoms with Crippen molar-refractivity contribution in [2.45, 2.75) is 116 Å². The second-order valence-corrected chi connectivity index (χ2v) is 11.8. The lowest BCUT2D eigenvalue weighted by molar-refractivity contribution is 0.287. The van der Waals surface area contributed by atoms with E-state index in [-0.39, 0.29) is 5.75 Å². The van der Waals surface area contributed by atoms with E-state index in [0.29, 0.717) is 30.4 Å². The van der Waals surface area contributed by atoms with E-state index in [0.717, 1.165) is 31.1 Å². The summed E-state index contributed by atoms with van der Waals surface area (Å²) in [6.07, 6.45) is 20.6. The zero-order chi connectivity index (χ0) is 26.7. The maximum Gasteiger partial charge on any atom is 0.200 e. The van der Waals surface area contributed by atoms with E-state index in [1.807, 2.05) is 6.92 Å². The maximum atomic E-state index is 14.6. The molecule has 0 aromatic heterocycles. The molecule has 0 radical (unpaired) electrons. The van der Waals surface area contributed by atoms with Gasteiger partial charge in [0, 0.05) is 0 Å². The van der Waals surface area contributed by atoms with E-state index in [1.54, 1.807) is 12.1 Å². The highest BCUT2D eigenvalue weighted by Gasteiger charge is 2.25. The number of aryl methyl sites for hydroxylation is 1. The van der Waals surface area contributed by atoms with Gasteiger partial charge in [0.25, 0.3) is 0 Å². The largest absolute Gasteiger partial charge is 0.490 e. The molecular formula is C35H48F2O. The van der Waals surface area contributed by atoms with Crippen LogP contribution in [0.2, 0.25) is 0 Å². The molecule has 208 valence electrons. The van der Waals surface area contributed by atoms with Gasteiger partial charge in [0.15, 0.2) is 11.6 Å². The van der Waals surface area contributed by atoms with Crippen molar-refractivity contribution in [2.75, 3.05) is 6.61 Å². The molecule has 2 aliphatic rings. The van der Waals surface area contributed by atoms with Crippen LogP contribution >= 0.6 is 0 Å². The van der Waals surface area contributed by atoms with Crippen molar-refractivity contribution >= 4 is 0 Å². The number of hydrogen-bond donors (Lipinski definition) is 0. The molecule has 38 heavy (non-hydrogen) atoms. The molecule has 2 aromatic rings. The fourth-order valence-electron chi connectivity index (χ4n) is 6.67. The smallest absolute Gasteiger partial charge is 0.200 e. The van der Waals surface area contributed by atoms with Gasteiger partial charge in [-0.25, -0.2) is 4.39 Å². The number of ether oxygens (including phenoxy) is 1. The second-order valence-electron chi connectivity index (χ2n) is 11.8. The zero-order valence-corrected chi connectivity index (χ0v) is 23.7. The van der Waals surface area contributed by atoms with Gasteiger partial charge in [-0.1, -0.05) is 55.8 Å². The van der Waals surface area contributed by atoms with Crippen LogP contribution in [-0.4, -0.2) is 6.61 Å². The summed E-state index contributed by atoms with van der Waals surface area (Å²) < 4.78 is 34.4. The van der Waals surface area contributed by atoms with Gasteiger partial charge in [-0.15, -0.1) is 0 Å². The molecule has 0 atom stereocenters. The number of allylic oxidation sites excluding steroid dienone is 2. The highest BCUT2D eigenvalue weighted by atomic mass is 19.2. The first kappa shape index (κ1) is 28.8. The van der Waals surface area contributed by atoms with Crippen LogP contribution in [0.3, 0.4) is 0 Å². The molecule has 0 aliphatic heterocycles. The molecule has 0 bridgehead atoms. The van der Waals surface area contributed by atoms with Crippen molar-refractivity contribution in [3.05, 3.63) is 76.9 Å². The molecular weight excluding hydrogens is 474 g/mol. The molecule has 3 heteroatoms. The van der Waals surface area contributed by atoms with Crippen molar-refractivity contribution in [1.29, 1.82) is 0 Å². The summed E-state index contributed by atoms with van der Waals surface area (Å²) in [4.78, 5) is 0. The normalized spacial score (nSPS) is 24.1. The molecule has 2 fully saturated rings. The van der Waals surface area contributed by atoms with Crippen molar-refractivity contribution in [3.63, 3.8) is 0 Å². The van der Waals surface area contributed by atoms with E-state index in [2.05, 4.69) is 43.3 Å². The number of hydrogen-bond acceptors (Lipinski definition) is 1. The standard InChI is InChI=1S/C35H48F2O/c1-3-5-7-8-26-9-14-28(15-10-26)30-19-21-31(22-20-30)29-16-11-27(12-17-29)13-18-32-23-24-33(35(37)34(32)36)38-25-6-4-2/h3,5,19-24,26-29H,4,6-18,25H2,1-2H3/b5-3+. The van der Waals surface area contributed by atoms with Crippen LogP contribution in [0.4, 0.5) is 8.78 Å².